The molecule has 6 heteroatoms. The third-order valence-electron chi connectivity index (χ3n) is 11.3. The van der Waals surface area contributed by atoms with E-state index >= 15 is 0 Å². The number of hydrogen-bond donors (Lipinski definition) is 3. The molecule has 0 spiro atoms. The van der Waals surface area contributed by atoms with Gasteiger partial charge >= 0.3 is 5.97 Å². The molecule has 0 aliphatic heterocycles. The molecule has 3 atom stereocenters. The number of rotatable bonds is 45. The highest BCUT2D eigenvalue weighted by Crippen LogP contribution is 2.16. The van der Waals surface area contributed by atoms with E-state index in [1.54, 1.807) is 0 Å². The van der Waals surface area contributed by atoms with Crippen LogP contribution < -0.4 is 5.32 Å². The van der Waals surface area contributed by atoms with E-state index in [2.05, 4.69) is 74.7 Å². The number of ether oxygens (including phenoxy) is 1. The molecule has 348 valence electrons. The summed E-state index contributed by atoms with van der Waals surface area (Å²) in [6, 6.07) is -0.733. The fourth-order valence-corrected chi connectivity index (χ4v) is 7.41. The van der Waals surface area contributed by atoms with Crippen LogP contribution in [0.3, 0.4) is 0 Å². The lowest BCUT2D eigenvalue weighted by atomic mass is 10.0. The number of unbranched alkanes of at least 4 members (excludes halogenated alkanes) is 24. The highest BCUT2D eigenvalue weighted by molar-refractivity contribution is 5.77. The van der Waals surface area contributed by atoms with Crippen LogP contribution in [0, 0.1) is 0 Å². The Labute approximate surface area is 371 Å². The number of esters is 1. The molecular weight excluding hydrogens is 743 g/mol. The second-order valence-electron chi connectivity index (χ2n) is 17.2. The minimum atomic E-state index is -0.812. The van der Waals surface area contributed by atoms with E-state index in [-0.39, 0.29) is 24.9 Å². The Morgan fingerprint density at radius 1 is 0.500 bits per heavy atom. The standard InChI is InChI=1S/C54H97NO5/c1-4-7-10-13-16-19-22-24-26-28-30-32-34-37-40-43-46-52(57)51(49-56)55-53(58)48-50(60-54(59)47-44-41-38-35-21-18-15-12-9-6-3)45-42-39-36-33-31-29-27-25-23-20-17-14-11-8-5-2/h12,15,17,20,25,27,31,33,39,42,50-52,56-57H,4-11,13-14,16,18-19,21-24,26,28-30,32,34-38,40-41,43-49H2,1-3H3,(H,55,58)/b15-12-,20-17-,27-25-,33-31-,42-39-. The fraction of sp³-hybridized carbons (Fsp3) is 0.778. The first kappa shape index (κ1) is 57.6. The number of carbonyl (C=O) groups excluding carboxylic acids is 2. The van der Waals surface area contributed by atoms with Crippen LogP contribution in [0.5, 0.6) is 0 Å². The predicted molar refractivity (Wildman–Crippen MR) is 259 cm³/mol. The maximum Gasteiger partial charge on any atom is 0.306 e. The van der Waals surface area contributed by atoms with Gasteiger partial charge in [-0.2, -0.15) is 0 Å². The highest BCUT2D eigenvalue weighted by atomic mass is 16.5. The molecule has 0 saturated heterocycles. The van der Waals surface area contributed by atoms with Crippen molar-refractivity contribution in [3.05, 3.63) is 60.8 Å². The summed E-state index contributed by atoms with van der Waals surface area (Å²) < 4.78 is 5.84. The van der Waals surface area contributed by atoms with E-state index in [0.29, 0.717) is 19.3 Å². The van der Waals surface area contributed by atoms with Crippen molar-refractivity contribution in [3.63, 3.8) is 0 Å². The Kier molecular flexibility index (Phi) is 45.7. The van der Waals surface area contributed by atoms with Crippen LogP contribution in [-0.4, -0.2) is 46.9 Å². The van der Waals surface area contributed by atoms with Gasteiger partial charge in [0.05, 0.1) is 25.2 Å². The Bertz CT molecular complexity index is 1080. The minimum Gasteiger partial charge on any atom is -0.461 e. The zero-order chi connectivity index (χ0) is 43.8. The molecule has 0 aromatic rings. The van der Waals surface area contributed by atoms with Gasteiger partial charge in [0.25, 0.3) is 0 Å². The lowest BCUT2D eigenvalue weighted by molar-refractivity contribution is -0.150. The van der Waals surface area contributed by atoms with Gasteiger partial charge in [-0.05, 0) is 64.2 Å². The smallest absolute Gasteiger partial charge is 0.306 e. The average molecular weight is 840 g/mol. The first-order valence-electron chi connectivity index (χ1n) is 25.5. The van der Waals surface area contributed by atoms with E-state index in [4.69, 9.17) is 4.74 Å². The first-order chi connectivity index (χ1) is 29.5. The van der Waals surface area contributed by atoms with Crippen molar-refractivity contribution in [2.75, 3.05) is 6.61 Å². The Morgan fingerprint density at radius 3 is 1.45 bits per heavy atom. The van der Waals surface area contributed by atoms with Gasteiger partial charge in [-0.3, -0.25) is 9.59 Å². The van der Waals surface area contributed by atoms with Gasteiger partial charge in [-0.1, -0.05) is 223 Å². The third-order valence-corrected chi connectivity index (χ3v) is 11.3. The zero-order valence-electron chi connectivity index (χ0n) is 39.6. The van der Waals surface area contributed by atoms with E-state index in [9.17, 15) is 19.8 Å². The quantitative estimate of drug-likeness (QED) is 0.0322. The van der Waals surface area contributed by atoms with Crippen molar-refractivity contribution in [2.45, 2.75) is 264 Å². The summed E-state index contributed by atoms with van der Waals surface area (Å²) >= 11 is 0. The molecule has 0 fully saturated rings. The molecule has 0 bridgehead atoms. The molecule has 0 aliphatic rings. The maximum atomic E-state index is 13.2. The largest absolute Gasteiger partial charge is 0.461 e. The summed E-state index contributed by atoms with van der Waals surface area (Å²) in [5.41, 5.74) is 0. The normalized spacial score (nSPS) is 13.8. The van der Waals surface area contributed by atoms with Gasteiger partial charge in [0.2, 0.25) is 5.91 Å². The molecule has 0 heterocycles. The monoisotopic (exact) mass is 840 g/mol. The number of hydrogen-bond acceptors (Lipinski definition) is 5. The molecular formula is C54H97NO5. The molecule has 0 rings (SSSR count). The number of aliphatic hydroxyl groups excluding tert-OH is 2. The number of nitrogens with one attached hydrogen (secondary N) is 1. The fourth-order valence-electron chi connectivity index (χ4n) is 7.41. The molecule has 0 aliphatic carbocycles. The predicted octanol–water partition coefficient (Wildman–Crippen LogP) is 15.2. The number of amides is 1. The first-order valence-corrected chi connectivity index (χ1v) is 25.5. The average Bonchev–Trinajstić information content (AvgIpc) is 3.24. The summed E-state index contributed by atoms with van der Waals surface area (Å²) in [5, 5.41) is 23.7. The molecule has 60 heavy (non-hydrogen) atoms. The van der Waals surface area contributed by atoms with Crippen LogP contribution in [0.1, 0.15) is 245 Å². The molecule has 0 radical (unpaired) electrons. The zero-order valence-corrected chi connectivity index (χ0v) is 39.6. The molecule has 3 unspecified atom stereocenters. The van der Waals surface area contributed by atoms with E-state index < -0.39 is 18.2 Å². The van der Waals surface area contributed by atoms with Gasteiger partial charge < -0.3 is 20.3 Å². The summed E-state index contributed by atoms with van der Waals surface area (Å²) in [6.07, 6.45) is 58.7. The van der Waals surface area contributed by atoms with Crippen LogP contribution >= 0.6 is 0 Å². The lowest BCUT2D eigenvalue weighted by Gasteiger charge is -2.24. The van der Waals surface area contributed by atoms with Crippen molar-refractivity contribution in [3.8, 4) is 0 Å². The van der Waals surface area contributed by atoms with Gasteiger partial charge in [0, 0.05) is 12.8 Å². The van der Waals surface area contributed by atoms with Crippen LogP contribution in [0.2, 0.25) is 0 Å². The molecule has 0 aromatic heterocycles. The Morgan fingerprint density at radius 2 is 0.917 bits per heavy atom. The van der Waals surface area contributed by atoms with Crippen molar-refractivity contribution in [1.29, 1.82) is 0 Å². The van der Waals surface area contributed by atoms with E-state index in [1.807, 2.05) is 12.2 Å². The third kappa shape index (κ3) is 42.3. The van der Waals surface area contributed by atoms with Crippen LogP contribution in [0.15, 0.2) is 60.8 Å². The minimum absolute atomic E-state index is 0.00240. The highest BCUT2D eigenvalue weighted by Gasteiger charge is 2.23. The molecule has 1 amide bonds. The summed E-state index contributed by atoms with van der Waals surface area (Å²) in [7, 11) is 0. The van der Waals surface area contributed by atoms with Crippen molar-refractivity contribution in [1.82, 2.24) is 5.32 Å². The number of aliphatic hydroxyl groups is 2. The topological polar surface area (TPSA) is 95.9 Å². The maximum absolute atomic E-state index is 13.2. The molecule has 0 aromatic carbocycles. The van der Waals surface area contributed by atoms with Gasteiger partial charge in [-0.15, -0.1) is 0 Å². The molecule has 0 saturated carbocycles. The van der Waals surface area contributed by atoms with E-state index in [0.717, 1.165) is 77.0 Å². The van der Waals surface area contributed by atoms with Gasteiger partial charge in [0.15, 0.2) is 0 Å². The molecule has 6 nitrogen and oxygen atoms in total. The SMILES string of the molecule is CCC/C=C\CCCCCCCC(=O)OC(C/C=C\C/C=C\C/C=C\C/C=C\CCCCC)CC(=O)NC(CO)C(O)CCCCCCCCCCCCCCCCCC. The molecule has 3 N–H and O–H groups in total. The van der Waals surface area contributed by atoms with Crippen LogP contribution in [-0.2, 0) is 14.3 Å². The summed E-state index contributed by atoms with van der Waals surface area (Å²) in [6.45, 7) is 6.37. The van der Waals surface area contributed by atoms with Crippen LogP contribution in [0.4, 0.5) is 0 Å². The Balaban J connectivity index is 4.65. The van der Waals surface area contributed by atoms with Crippen molar-refractivity contribution >= 4 is 11.9 Å². The van der Waals surface area contributed by atoms with Gasteiger partial charge in [-0.25, -0.2) is 0 Å². The van der Waals surface area contributed by atoms with Crippen molar-refractivity contribution in [2.24, 2.45) is 0 Å². The van der Waals surface area contributed by atoms with Crippen LogP contribution in [0.25, 0.3) is 0 Å². The lowest BCUT2D eigenvalue weighted by Crippen LogP contribution is -2.46. The Hall–Kier alpha value is -2.44. The van der Waals surface area contributed by atoms with Gasteiger partial charge in [0.1, 0.15) is 6.10 Å². The number of carbonyl (C=O) groups is 2. The van der Waals surface area contributed by atoms with E-state index in [1.165, 1.54) is 122 Å². The summed E-state index contributed by atoms with van der Waals surface area (Å²) in [4.78, 5) is 26.0. The summed E-state index contributed by atoms with van der Waals surface area (Å²) in [5.74, 6) is -0.588. The number of allylic oxidation sites excluding steroid dienone is 9. The van der Waals surface area contributed by atoms with Crippen molar-refractivity contribution < 1.29 is 24.5 Å². The second-order valence-corrected chi connectivity index (χ2v) is 17.2. The second kappa shape index (κ2) is 47.6.